The molecule has 0 radical (unpaired) electrons. The van der Waals surface area contributed by atoms with Gasteiger partial charge in [0.1, 0.15) is 12.3 Å². The summed E-state index contributed by atoms with van der Waals surface area (Å²) in [7, 11) is 3.00. The Labute approximate surface area is 134 Å². The highest BCUT2D eigenvalue weighted by Crippen LogP contribution is 2.13. The maximum absolute atomic E-state index is 12.1. The van der Waals surface area contributed by atoms with Crippen molar-refractivity contribution in [3.05, 3.63) is 29.8 Å². The summed E-state index contributed by atoms with van der Waals surface area (Å²) < 4.78 is 9.87. The predicted octanol–water partition coefficient (Wildman–Crippen LogP) is 1.22. The summed E-state index contributed by atoms with van der Waals surface area (Å²) in [5.74, 6) is -1.02. The van der Waals surface area contributed by atoms with E-state index in [1.165, 1.54) is 19.1 Å². The van der Waals surface area contributed by atoms with E-state index in [2.05, 4.69) is 0 Å². The minimum absolute atomic E-state index is 0.0221. The van der Waals surface area contributed by atoms with Gasteiger partial charge >= 0.3 is 5.97 Å². The minimum Gasteiger partial charge on any atom is -0.497 e. The van der Waals surface area contributed by atoms with Crippen molar-refractivity contribution in [2.24, 2.45) is 0 Å². The van der Waals surface area contributed by atoms with E-state index in [1.54, 1.807) is 24.3 Å². The first-order chi connectivity index (χ1) is 11.0. The molecule has 1 N–H and O–H groups in total. The third kappa shape index (κ3) is 6.48. The smallest absolute Gasteiger partial charge is 0.323 e. The zero-order valence-corrected chi connectivity index (χ0v) is 13.3. The third-order valence-corrected chi connectivity index (χ3v) is 3.22. The van der Waals surface area contributed by atoms with Gasteiger partial charge < -0.3 is 19.5 Å². The number of Topliss-reactive ketones (excluding diaryl/α,β-unsaturated/α-hetero) is 1. The Morgan fingerprint density at radius 1 is 1.09 bits per heavy atom. The molecule has 0 atom stereocenters. The third-order valence-electron chi connectivity index (χ3n) is 3.22. The van der Waals surface area contributed by atoms with Crippen LogP contribution in [0.5, 0.6) is 5.75 Å². The second-order valence-corrected chi connectivity index (χ2v) is 4.85. The number of ether oxygens (including phenoxy) is 2. The molecule has 0 aliphatic carbocycles. The minimum atomic E-state index is -1.10. The first kappa shape index (κ1) is 18.6. The normalized spacial score (nSPS) is 10.2. The SMILES string of the molecule is COCCN(CC(=O)O)C(=O)CCC(=O)c1ccc(OC)cc1. The highest BCUT2D eigenvalue weighted by atomic mass is 16.5. The Bertz CT molecular complexity index is 540. The van der Waals surface area contributed by atoms with Gasteiger partial charge in [0.25, 0.3) is 0 Å². The van der Waals surface area contributed by atoms with Gasteiger partial charge in [0.2, 0.25) is 5.91 Å². The number of carbonyl (C=O) groups is 3. The number of carboxylic acids is 1. The number of benzene rings is 1. The van der Waals surface area contributed by atoms with Gasteiger partial charge in [0.15, 0.2) is 5.78 Å². The topological polar surface area (TPSA) is 93.1 Å². The molecule has 1 aromatic rings. The van der Waals surface area contributed by atoms with Crippen LogP contribution in [0.2, 0.25) is 0 Å². The Hall–Kier alpha value is -2.41. The largest absolute Gasteiger partial charge is 0.497 e. The fourth-order valence-corrected chi connectivity index (χ4v) is 1.96. The lowest BCUT2D eigenvalue weighted by molar-refractivity contribution is -0.144. The van der Waals surface area contributed by atoms with Crippen LogP contribution in [0.15, 0.2) is 24.3 Å². The van der Waals surface area contributed by atoms with Crippen LogP contribution in [0, 0.1) is 0 Å². The molecule has 0 heterocycles. The highest BCUT2D eigenvalue weighted by Gasteiger charge is 2.18. The molecule has 23 heavy (non-hydrogen) atoms. The summed E-state index contributed by atoms with van der Waals surface area (Å²) in [6.07, 6.45) is -0.0177. The van der Waals surface area contributed by atoms with Gasteiger partial charge in [-0.05, 0) is 24.3 Å². The van der Waals surface area contributed by atoms with E-state index in [0.717, 1.165) is 0 Å². The van der Waals surface area contributed by atoms with E-state index < -0.39 is 12.5 Å². The molecule has 0 unspecified atom stereocenters. The number of carboxylic acid groups (broad SMARTS) is 1. The van der Waals surface area contributed by atoms with Crippen LogP contribution < -0.4 is 4.74 Å². The van der Waals surface area contributed by atoms with Crippen LogP contribution in [0.25, 0.3) is 0 Å². The monoisotopic (exact) mass is 323 g/mol. The molecule has 0 aromatic heterocycles. The first-order valence-electron chi connectivity index (χ1n) is 7.13. The molecular weight excluding hydrogens is 302 g/mol. The fourth-order valence-electron chi connectivity index (χ4n) is 1.96. The second-order valence-electron chi connectivity index (χ2n) is 4.85. The van der Waals surface area contributed by atoms with E-state index in [9.17, 15) is 14.4 Å². The molecule has 0 aliphatic rings. The summed E-state index contributed by atoms with van der Waals surface area (Å²) in [5, 5.41) is 8.82. The quantitative estimate of drug-likeness (QED) is 0.651. The van der Waals surface area contributed by atoms with Gasteiger partial charge in [-0.1, -0.05) is 0 Å². The molecule has 0 saturated heterocycles. The number of ketones is 1. The molecule has 0 spiro atoms. The van der Waals surface area contributed by atoms with Crippen molar-refractivity contribution >= 4 is 17.7 Å². The number of nitrogens with zero attached hydrogens (tertiary/aromatic N) is 1. The number of aliphatic carboxylic acids is 1. The van der Waals surface area contributed by atoms with Crippen LogP contribution in [-0.4, -0.2) is 61.6 Å². The Morgan fingerprint density at radius 3 is 2.26 bits per heavy atom. The van der Waals surface area contributed by atoms with Crippen molar-refractivity contribution in [1.82, 2.24) is 4.90 Å². The number of carbonyl (C=O) groups excluding carboxylic acids is 2. The van der Waals surface area contributed by atoms with Gasteiger partial charge in [-0.25, -0.2) is 0 Å². The molecule has 0 bridgehead atoms. The molecule has 0 saturated carbocycles. The lowest BCUT2D eigenvalue weighted by Crippen LogP contribution is -2.38. The number of hydrogen-bond acceptors (Lipinski definition) is 5. The van der Waals surface area contributed by atoms with Crippen LogP contribution in [0.4, 0.5) is 0 Å². The van der Waals surface area contributed by atoms with Gasteiger partial charge in [-0.15, -0.1) is 0 Å². The zero-order chi connectivity index (χ0) is 17.2. The van der Waals surface area contributed by atoms with Crippen LogP contribution in [-0.2, 0) is 14.3 Å². The molecular formula is C16H21NO6. The first-order valence-corrected chi connectivity index (χ1v) is 7.13. The highest BCUT2D eigenvalue weighted by molar-refractivity contribution is 5.98. The number of methoxy groups -OCH3 is 2. The predicted molar refractivity (Wildman–Crippen MR) is 82.7 cm³/mol. The Kier molecular flexibility index (Phi) is 7.76. The summed E-state index contributed by atoms with van der Waals surface area (Å²) in [6, 6.07) is 6.60. The Morgan fingerprint density at radius 2 is 1.74 bits per heavy atom. The summed E-state index contributed by atoms with van der Waals surface area (Å²) >= 11 is 0. The van der Waals surface area contributed by atoms with Gasteiger partial charge in [0, 0.05) is 32.1 Å². The van der Waals surface area contributed by atoms with Crippen LogP contribution in [0.1, 0.15) is 23.2 Å². The Balaban J connectivity index is 2.56. The van der Waals surface area contributed by atoms with Gasteiger partial charge in [0.05, 0.1) is 13.7 Å². The van der Waals surface area contributed by atoms with Crippen molar-refractivity contribution < 1.29 is 29.0 Å². The van der Waals surface area contributed by atoms with E-state index in [0.29, 0.717) is 11.3 Å². The van der Waals surface area contributed by atoms with Crippen molar-refractivity contribution in [2.75, 3.05) is 33.9 Å². The van der Waals surface area contributed by atoms with Gasteiger partial charge in [-0.2, -0.15) is 0 Å². The maximum atomic E-state index is 12.1. The number of amides is 1. The lowest BCUT2D eigenvalue weighted by Gasteiger charge is -2.20. The fraction of sp³-hybridized carbons (Fsp3) is 0.438. The van der Waals surface area contributed by atoms with Gasteiger partial charge in [-0.3, -0.25) is 14.4 Å². The molecule has 7 nitrogen and oxygen atoms in total. The van der Waals surface area contributed by atoms with E-state index in [4.69, 9.17) is 14.6 Å². The molecule has 0 aliphatic heterocycles. The molecule has 1 amide bonds. The van der Waals surface area contributed by atoms with E-state index in [1.807, 2.05) is 0 Å². The summed E-state index contributed by atoms with van der Waals surface area (Å²) in [4.78, 5) is 36.1. The maximum Gasteiger partial charge on any atom is 0.323 e. The summed E-state index contributed by atoms with van der Waals surface area (Å²) in [5.41, 5.74) is 0.486. The average molecular weight is 323 g/mol. The number of rotatable bonds is 10. The van der Waals surface area contributed by atoms with Crippen molar-refractivity contribution in [2.45, 2.75) is 12.8 Å². The lowest BCUT2D eigenvalue weighted by atomic mass is 10.1. The average Bonchev–Trinajstić information content (AvgIpc) is 2.55. The van der Waals surface area contributed by atoms with Crippen molar-refractivity contribution in [3.63, 3.8) is 0 Å². The van der Waals surface area contributed by atoms with Crippen molar-refractivity contribution in [3.8, 4) is 5.75 Å². The molecule has 0 fully saturated rings. The molecule has 7 heteroatoms. The van der Waals surface area contributed by atoms with Crippen LogP contribution >= 0.6 is 0 Å². The summed E-state index contributed by atoms with van der Waals surface area (Å²) in [6.45, 7) is 0.0166. The number of hydrogen-bond donors (Lipinski definition) is 1. The van der Waals surface area contributed by atoms with Crippen LogP contribution in [0.3, 0.4) is 0 Å². The molecule has 1 rings (SSSR count). The second kappa shape index (κ2) is 9.58. The standard InChI is InChI=1S/C16H21NO6/c1-22-10-9-17(11-16(20)21)15(19)8-7-14(18)12-3-5-13(23-2)6-4-12/h3-6H,7-11H2,1-2H3,(H,20,21). The van der Waals surface area contributed by atoms with E-state index in [-0.39, 0.29) is 37.7 Å². The molecule has 126 valence electrons. The molecule has 1 aromatic carbocycles. The zero-order valence-electron chi connectivity index (χ0n) is 13.3. The van der Waals surface area contributed by atoms with Crippen molar-refractivity contribution in [1.29, 1.82) is 0 Å². The van der Waals surface area contributed by atoms with E-state index >= 15 is 0 Å².